The molecule has 1 aliphatic carbocycles. The zero-order valence-electron chi connectivity index (χ0n) is 8.94. The third-order valence-electron chi connectivity index (χ3n) is 3.19. The molecular weight excluding hydrogens is 178 g/mol. The van der Waals surface area contributed by atoms with Crippen molar-refractivity contribution in [2.75, 3.05) is 6.54 Å². The lowest BCUT2D eigenvalue weighted by Gasteiger charge is -2.32. The fourth-order valence-electron chi connectivity index (χ4n) is 2.38. The van der Waals surface area contributed by atoms with Crippen molar-refractivity contribution < 1.29 is 5.11 Å². The topological polar surface area (TPSA) is 49.7 Å². The summed E-state index contributed by atoms with van der Waals surface area (Å²) in [5, 5.41) is 12.7. The lowest BCUT2D eigenvalue weighted by Crippen LogP contribution is -2.28. The van der Waals surface area contributed by atoms with Crippen LogP contribution in [0.4, 0.5) is 0 Å². The standard InChI is InChI=1S/C11H19NO2/c1-3-9-10(8(2)7-12-14)5-4-6-11(9)13/h3,8,10-11,13H,4-7H2,1-2H3/b9-3+/t8?,10-,11+/m0/s1. The van der Waals surface area contributed by atoms with Crippen LogP contribution in [0.2, 0.25) is 0 Å². The van der Waals surface area contributed by atoms with Crippen molar-refractivity contribution >= 4 is 0 Å². The first kappa shape index (κ1) is 11.4. The van der Waals surface area contributed by atoms with Gasteiger partial charge in [0.15, 0.2) is 0 Å². The maximum atomic E-state index is 10.2. The van der Waals surface area contributed by atoms with Crippen molar-refractivity contribution in [1.29, 1.82) is 0 Å². The van der Waals surface area contributed by atoms with Gasteiger partial charge in [-0.2, -0.15) is 4.91 Å². The molecule has 0 aromatic rings. The number of nitroso groups, excluding NO2 is 1. The Bertz CT molecular complexity index is 225. The molecule has 0 saturated heterocycles. The summed E-state index contributed by atoms with van der Waals surface area (Å²) in [6.45, 7) is 4.35. The summed E-state index contributed by atoms with van der Waals surface area (Å²) in [5.74, 6) is 0.607. The van der Waals surface area contributed by atoms with Crippen LogP contribution < -0.4 is 0 Å². The molecule has 0 aliphatic heterocycles. The summed E-state index contributed by atoms with van der Waals surface area (Å²) in [5.41, 5.74) is 1.10. The Labute approximate surface area is 85.2 Å². The quantitative estimate of drug-likeness (QED) is 0.558. The van der Waals surface area contributed by atoms with Crippen molar-refractivity contribution in [2.45, 2.75) is 39.2 Å². The zero-order chi connectivity index (χ0) is 10.6. The smallest absolute Gasteiger partial charge is 0.0842 e. The van der Waals surface area contributed by atoms with Crippen LogP contribution in [-0.4, -0.2) is 17.8 Å². The van der Waals surface area contributed by atoms with Gasteiger partial charge in [-0.1, -0.05) is 18.2 Å². The number of nitrogens with zero attached hydrogens (tertiary/aromatic N) is 1. The van der Waals surface area contributed by atoms with Gasteiger partial charge in [0.05, 0.1) is 12.6 Å². The van der Waals surface area contributed by atoms with Gasteiger partial charge in [-0.15, -0.1) is 0 Å². The molecule has 3 nitrogen and oxygen atoms in total. The number of allylic oxidation sites excluding steroid dienone is 1. The number of aliphatic hydroxyl groups is 1. The summed E-state index contributed by atoms with van der Waals surface area (Å²) in [6, 6.07) is 0. The van der Waals surface area contributed by atoms with Gasteiger partial charge in [0.2, 0.25) is 0 Å². The molecule has 0 spiro atoms. The van der Waals surface area contributed by atoms with E-state index in [0.717, 1.165) is 24.8 Å². The van der Waals surface area contributed by atoms with Crippen LogP contribution in [-0.2, 0) is 0 Å². The largest absolute Gasteiger partial charge is 0.389 e. The van der Waals surface area contributed by atoms with E-state index in [0.29, 0.717) is 12.5 Å². The minimum atomic E-state index is -0.298. The Kier molecular flexibility index (Phi) is 4.26. The summed E-state index contributed by atoms with van der Waals surface area (Å²) in [6.07, 6.45) is 4.68. The fraction of sp³-hybridized carbons (Fsp3) is 0.818. The molecule has 1 saturated carbocycles. The Hall–Kier alpha value is -0.700. The molecule has 1 N–H and O–H groups in total. The first-order valence-corrected chi connectivity index (χ1v) is 5.34. The maximum absolute atomic E-state index is 10.2. The van der Waals surface area contributed by atoms with Gasteiger partial charge >= 0.3 is 0 Å². The molecule has 0 heterocycles. The average molecular weight is 197 g/mol. The van der Waals surface area contributed by atoms with E-state index in [1.165, 1.54) is 0 Å². The second kappa shape index (κ2) is 5.25. The summed E-state index contributed by atoms with van der Waals surface area (Å²) < 4.78 is 0. The fourth-order valence-corrected chi connectivity index (χ4v) is 2.38. The van der Waals surface area contributed by atoms with E-state index in [-0.39, 0.29) is 12.0 Å². The van der Waals surface area contributed by atoms with Crippen LogP contribution in [0.1, 0.15) is 33.1 Å². The van der Waals surface area contributed by atoms with Gasteiger partial charge < -0.3 is 5.11 Å². The van der Waals surface area contributed by atoms with Crippen LogP contribution >= 0.6 is 0 Å². The average Bonchev–Trinajstić information content (AvgIpc) is 2.17. The summed E-state index contributed by atoms with van der Waals surface area (Å²) >= 11 is 0. The second-order valence-electron chi connectivity index (χ2n) is 4.13. The van der Waals surface area contributed by atoms with Gasteiger partial charge in [0, 0.05) is 0 Å². The summed E-state index contributed by atoms with van der Waals surface area (Å²) in [4.78, 5) is 10.2. The van der Waals surface area contributed by atoms with E-state index >= 15 is 0 Å². The van der Waals surface area contributed by atoms with Crippen molar-refractivity contribution in [1.82, 2.24) is 0 Å². The van der Waals surface area contributed by atoms with Crippen LogP contribution in [0, 0.1) is 16.7 Å². The number of hydrogen-bond donors (Lipinski definition) is 1. The Morgan fingerprint density at radius 2 is 2.36 bits per heavy atom. The van der Waals surface area contributed by atoms with E-state index < -0.39 is 0 Å². The molecule has 14 heavy (non-hydrogen) atoms. The van der Waals surface area contributed by atoms with Crippen molar-refractivity contribution in [2.24, 2.45) is 17.0 Å². The van der Waals surface area contributed by atoms with Gasteiger partial charge in [-0.25, -0.2) is 0 Å². The molecule has 0 aromatic heterocycles. The van der Waals surface area contributed by atoms with Crippen LogP contribution in [0.5, 0.6) is 0 Å². The molecule has 1 fully saturated rings. The lowest BCUT2D eigenvalue weighted by molar-refractivity contribution is 0.145. The molecule has 1 unspecified atom stereocenters. The molecule has 1 aliphatic rings. The van der Waals surface area contributed by atoms with Crippen molar-refractivity contribution in [3.05, 3.63) is 16.6 Å². The van der Waals surface area contributed by atoms with E-state index in [4.69, 9.17) is 0 Å². The van der Waals surface area contributed by atoms with Crippen LogP contribution in [0.25, 0.3) is 0 Å². The summed E-state index contributed by atoms with van der Waals surface area (Å²) in [7, 11) is 0. The van der Waals surface area contributed by atoms with E-state index in [2.05, 4.69) is 5.18 Å². The Balaban J connectivity index is 2.69. The molecule has 0 radical (unpaired) electrons. The molecule has 0 amide bonds. The van der Waals surface area contributed by atoms with E-state index in [1.54, 1.807) is 0 Å². The van der Waals surface area contributed by atoms with Gasteiger partial charge in [-0.3, -0.25) is 0 Å². The normalized spacial score (nSPS) is 32.9. The Morgan fingerprint density at radius 1 is 1.64 bits per heavy atom. The van der Waals surface area contributed by atoms with Gasteiger partial charge in [0.1, 0.15) is 0 Å². The molecular formula is C11H19NO2. The highest BCUT2D eigenvalue weighted by atomic mass is 16.3. The second-order valence-corrected chi connectivity index (χ2v) is 4.13. The third kappa shape index (κ3) is 2.41. The monoisotopic (exact) mass is 197 g/mol. The predicted molar refractivity (Wildman–Crippen MR) is 56.9 cm³/mol. The first-order chi connectivity index (χ1) is 6.70. The van der Waals surface area contributed by atoms with Crippen LogP contribution in [0.3, 0.4) is 0 Å². The first-order valence-electron chi connectivity index (χ1n) is 5.34. The van der Waals surface area contributed by atoms with Crippen LogP contribution in [0.15, 0.2) is 16.8 Å². The van der Waals surface area contributed by atoms with E-state index in [9.17, 15) is 10.0 Å². The molecule has 80 valence electrons. The maximum Gasteiger partial charge on any atom is 0.0842 e. The SMILES string of the molecule is C/C=C1/[C@H](O)CCC[C@H]1C(C)CN=O. The van der Waals surface area contributed by atoms with Gasteiger partial charge in [0.25, 0.3) is 0 Å². The van der Waals surface area contributed by atoms with Crippen molar-refractivity contribution in [3.63, 3.8) is 0 Å². The molecule has 1 rings (SSSR count). The minimum absolute atomic E-state index is 0.258. The number of hydrogen-bond acceptors (Lipinski definition) is 3. The lowest BCUT2D eigenvalue weighted by atomic mass is 9.75. The highest BCUT2D eigenvalue weighted by molar-refractivity contribution is 5.14. The molecule has 0 aromatic carbocycles. The third-order valence-corrected chi connectivity index (χ3v) is 3.19. The highest BCUT2D eigenvalue weighted by Crippen LogP contribution is 2.34. The number of rotatable bonds is 3. The zero-order valence-corrected chi connectivity index (χ0v) is 8.94. The minimum Gasteiger partial charge on any atom is -0.389 e. The van der Waals surface area contributed by atoms with Gasteiger partial charge in [-0.05, 0) is 43.6 Å². The number of aliphatic hydroxyl groups excluding tert-OH is 1. The predicted octanol–water partition coefficient (Wildman–Crippen LogP) is 2.50. The van der Waals surface area contributed by atoms with Crippen molar-refractivity contribution in [3.8, 4) is 0 Å². The molecule has 0 bridgehead atoms. The highest BCUT2D eigenvalue weighted by Gasteiger charge is 2.29. The molecule has 3 atom stereocenters. The Morgan fingerprint density at radius 3 is 2.93 bits per heavy atom. The van der Waals surface area contributed by atoms with E-state index in [1.807, 2.05) is 19.9 Å². The molecule has 3 heteroatoms.